The SMILES string of the molecule is NC(=O)CCC1CNCCN1CCC(N)=O.O=PO. The van der Waals surface area contributed by atoms with Crippen molar-refractivity contribution in [2.75, 3.05) is 26.2 Å². The molecule has 0 aromatic heterocycles. The van der Waals surface area contributed by atoms with Crippen molar-refractivity contribution < 1.29 is 19.0 Å². The average Bonchev–Trinajstić information content (AvgIpc) is 2.35. The van der Waals surface area contributed by atoms with Crippen LogP contribution in [0.4, 0.5) is 0 Å². The minimum Gasteiger partial charge on any atom is -0.370 e. The van der Waals surface area contributed by atoms with E-state index in [1.54, 1.807) is 0 Å². The van der Waals surface area contributed by atoms with Gasteiger partial charge in [0, 0.05) is 45.1 Å². The molecule has 9 heteroatoms. The van der Waals surface area contributed by atoms with E-state index >= 15 is 0 Å². The molecule has 1 heterocycles. The molecule has 0 aromatic carbocycles. The van der Waals surface area contributed by atoms with Crippen LogP contribution in [0.25, 0.3) is 0 Å². The van der Waals surface area contributed by atoms with Crippen LogP contribution in [0.3, 0.4) is 0 Å². The summed E-state index contributed by atoms with van der Waals surface area (Å²) < 4.78 is 8.46. The maximum Gasteiger partial charge on any atom is 0.324 e. The second kappa shape index (κ2) is 10.8. The summed E-state index contributed by atoms with van der Waals surface area (Å²) in [5.74, 6) is -0.562. The number of primary amides is 2. The summed E-state index contributed by atoms with van der Waals surface area (Å²) in [5, 5.41) is 3.27. The van der Waals surface area contributed by atoms with Crippen LogP contribution in [-0.2, 0) is 14.2 Å². The van der Waals surface area contributed by atoms with Crippen LogP contribution in [-0.4, -0.2) is 53.8 Å². The highest BCUT2D eigenvalue weighted by atomic mass is 31.1. The molecule has 1 atom stereocenters. The van der Waals surface area contributed by atoms with Gasteiger partial charge in [-0.05, 0) is 6.42 Å². The van der Waals surface area contributed by atoms with E-state index in [1.165, 1.54) is 0 Å². The van der Waals surface area contributed by atoms with Gasteiger partial charge in [-0.1, -0.05) is 0 Å². The molecule has 2 amide bonds. The maximum atomic E-state index is 10.7. The monoisotopic (exact) mass is 292 g/mol. The first kappa shape index (κ1) is 17.9. The molecule has 0 saturated carbocycles. The number of piperazine rings is 1. The van der Waals surface area contributed by atoms with Crippen LogP contribution in [0, 0.1) is 0 Å². The van der Waals surface area contributed by atoms with Crippen LogP contribution in [0.2, 0.25) is 0 Å². The summed E-state index contributed by atoms with van der Waals surface area (Å²) in [6, 6.07) is 0.278. The molecule has 1 unspecified atom stereocenters. The number of carbonyl (C=O) groups excluding carboxylic acids is 2. The Hall–Kier alpha value is -1.08. The van der Waals surface area contributed by atoms with Crippen molar-refractivity contribution in [2.24, 2.45) is 11.5 Å². The second-order valence-electron chi connectivity index (χ2n) is 4.20. The van der Waals surface area contributed by atoms with Crippen LogP contribution in [0.15, 0.2) is 0 Å². The fourth-order valence-electron chi connectivity index (χ4n) is 1.94. The van der Waals surface area contributed by atoms with Gasteiger partial charge in [-0.15, -0.1) is 0 Å². The highest BCUT2D eigenvalue weighted by Crippen LogP contribution is 2.09. The third kappa shape index (κ3) is 9.49. The molecule has 1 rings (SSSR count). The van der Waals surface area contributed by atoms with Crippen LogP contribution in [0.5, 0.6) is 0 Å². The highest BCUT2D eigenvalue weighted by Gasteiger charge is 2.22. The normalized spacial score (nSPS) is 19.5. The Bertz CT molecular complexity index is 277. The molecule has 110 valence electrons. The van der Waals surface area contributed by atoms with Crippen molar-refractivity contribution in [1.29, 1.82) is 0 Å². The van der Waals surface area contributed by atoms with Gasteiger partial charge in [-0.3, -0.25) is 14.5 Å². The molecule has 1 saturated heterocycles. The Balaban J connectivity index is 0.000000982. The lowest BCUT2D eigenvalue weighted by molar-refractivity contribution is -0.119. The van der Waals surface area contributed by atoms with Gasteiger partial charge in [-0.25, -0.2) is 4.57 Å². The number of nitrogens with one attached hydrogen (secondary N) is 1. The molecular weight excluding hydrogens is 271 g/mol. The van der Waals surface area contributed by atoms with E-state index in [4.69, 9.17) is 20.9 Å². The molecule has 19 heavy (non-hydrogen) atoms. The van der Waals surface area contributed by atoms with E-state index in [1.807, 2.05) is 0 Å². The lowest BCUT2D eigenvalue weighted by atomic mass is 10.1. The van der Waals surface area contributed by atoms with E-state index in [9.17, 15) is 9.59 Å². The molecule has 6 N–H and O–H groups in total. The molecule has 1 fully saturated rings. The Morgan fingerprint density at radius 1 is 1.32 bits per heavy atom. The van der Waals surface area contributed by atoms with Crippen molar-refractivity contribution in [3.8, 4) is 0 Å². The number of nitrogens with two attached hydrogens (primary N) is 2. The zero-order valence-electron chi connectivity index (χ0n) is 10.7. The van der Waals surface area contributed by atoms with Crippen LogP contribution < -0.4 is 16.8 Å². The third-order valence-electron chi connectivity index (χ3n) is 2.84. The van der Waals surface area contributed by atoms with Crippen molar-refractivity contribution in [2.45, 2.75) is 25.3 Å². The Morgan fingerprint density at radius 3 is 2.42 bits per heavy atom. The number of hydrogen-bond acceptors (Lipinski definition) is 5. The van der Waals surface area contributed by atoms with Gasteiger partial charge in [0.05, 0.1) is 0 Å². The summed E-state index contributed by atoms with van der Waals surface area (Å²) in [7, 11) is -0.833. The number of carbonyl (C=O) groups is 2. The summed E-state index contributed by atoms with van der Waals surface area (Å²) in [4.78, 5) is 30.6. The zero-order chi connectivity index (χ0) is 14.7. The predicted molar refractivity (Wildman–Crippen MR) is 70.3 cm³/mol. The topological polar surface area (TPSA) is 139 Å². The number of nitrogens with zero attached hydrogens (tertiary/aromatic N) is 1. The molecule has 0 spiro atoms. The first-order valence-corrected chi connectivity index (χ1v) is 6.75. The number of hydrogen-bond donors (Lipinski definition) is 4. The summed E-state index contributed by atoms with van der Waals surface area (Å²) in [6.45, 7) is 3.30. The van der Waals surface area contributed by atoms with E-state index in [0.29, 0.717) is 19.4 Å². The quantitative estimate of drug-likeness (QED) is 0.443. The van der Waals surface area contributed by atoms with Crippen LogP contribution in [0.1, 0.15) is 19.3 Å². The first-order chi connectivity index (χ1) is 9.01. The molecule has 0 aliphatic carbocycles. The van der Waals surface area contributed by atoms with Gasteiger partial charge in [-0.2, -0.15) is 0 Å². The van der Waals surface area contributed by atoms with Gasteiger partial charge in [0.1, 0.15) is 0 Å². The van der Waals surface area contributed by atoms with Gasteiger partial charge < -0.3 is 21.7 Å². The van der Waals surface area contributed by atoms with Crippen molar-refractivity contribution in [3.05, 3.63) is 0 Å². The Labute approximate surface area is 113 Å². The van der Waals surface area contributed by atoms with Gasteiger partial charge in [0.15, 0.2) is 0 Å². The van der Waals surface area contributed by atoms with Crippen LogP contribution >= 0.6 is 8.69 Å². The lowest BCUT2D eigenvalue weighted by Crippen LogP contribution is -2.52. The molecular formula is C10H21N4O4P. The zero-order valence-corrected chi connectivity index (χ0v) is 11.6. The molecule has 0 aromatic rings. The largest absolute Gasteiger partial charge is 0.370 e. The molecule has 0 bridgehead atoms. The van der Waals surface area contributed by atoms with Gasteiger partial charge in [0.25, 0.3) is 0 Å². The number of rotatable bonds is 6. The Kier molecular flexibility index (Phi) is 10.2. The van der Waals surface area contributed by atoms with Gasteiger partial charge >= 0.3 is 8.69 Å². The maximum absolute atomic E-state index is 10.7. The minimum absolute atomic E-state index is 0.277. The fourth-order valence-corrected chi connectivity index (χ4v) is 1.94. The van der Waals surface area contributed by atoms with Crippen molar-refractivity contribution in [1.82, 2.24) is 10.2 Å². The second-order valence-corrected chi connectivity index (χ2v) is 4.36. The van der Waals surface area contributed by atoms with Gasteiger partial charge in [0.2, 0.25) is 11.8 Å². The average molecular weight is 292 g/mol. The molecule has 1 aliphatic rings. The fraction of sp³-hybridized carbons (Fsp3) is 0.800. The molecule has 8 nitrogen and oxygen atoms in total. The summed E-state index contributed by atoms with van der Waals surface area (Å²) in [6.07, 6.45) is 1.49. The standard InChI is InChI=1S/C10H20N4O2.HO2P/c11-9(15)2-1-8-7-13-4-6-14(8)5-3-10(12)16;1-3-2/h8,13H,1-7H2,(H2,11,15)(H2,12,16);(H,1,2). The highest BCUT2D eigenvalue weighted by molar-refractivity contribution is 7.16. The summed E-state index contributed by atoms with van der Waals surface area (Å²) >= 11 is 0. The molecule has 0 radical (unpaired) electrons. The minimum atomic E-state index is -0.833. The summed E-state index contributed by atoms with van der Waals surface area (Å²) in [5.41, 5.74) is 10.2. The molecule has 1 aliphatic heterocycles. The number of amides is 2. The lowest BCUT2D eigenvalue weighted by Gasteiger charge is -2.35. The van der Waals surface area contributed by atoms with Crippen molar-refractivity contribution >= 4 is 20.5 Å². The van der Waals surface area contributed by atoms with E-state index in [-0.39, 0.29) is 17.9 Å². The van der Waals surface area contributed by atoms with E-state index in [2.05, 4.69) is 10.2 Å². The van der Waals surface area contributed by atoms with E-state index in [0.717, 1.165) is 26.1 Å². The van der Waals surface area contributed by atoms with Crippen molar-refractivity contribution in [3.63, 3.8) is 0 Å². The first-order valence-electron chi connectivity index (χ1n) is 5.99. The smallest absolute Gasteiger partial charge is 0.324 e. The van der Waals surface area contributed by atoms with E-state index < -0.39 is 8.69 Å². The third-order valence-corrected chi connectivity index (χ3v) is 2.84. The Morgan fingerprint density at radius 2 is 1.89 bits per heavy atom. The predicted octanol–water partition coefficient (Wildman–Crippen LogP) is -1.41.